The quantitative estimate of drug-likeness (QED) is 0.833. The molecule has 1 aromatic carbocycles. The number of benzene rings is 1. The van der Waals surface area contributed by atoms with Crippen LogP contribution in [0.15, 0.2) is 16.6 Å². The third-order valence-electron chi connectivity index (χ3n) is 1.51. The van der Waals surface area contributed by atoms with Gasteiger partial charge in [-0.25, -0.2) is 0 Å². The number of hydrogen-bond donors (Lipinski definition) is 0. The Bertz CT molecular complexity index is 302. The first-order valence-corrected chi connectivity index (χ1v) is 5.02. The number of rotatable bonds is 3. The molecule has 4 heteroatoms. The molecule has 0 atom stereocenters. The Kier molecular flexibility index (Phi) is 3.88. The Morgan fingerprint density at radius 1 is 1.38 bits per heavy atom. The van der Waals surface area contributed by atoms with Gasteiger partial charge in [0.25, 0.3) is 0 Å². The van der Waals surface area contributed by atoms with E-state index in [9.17, 15) is 0 Å². The topological polar surface area (TPSA) is 18.5 Å². The molecule has 0 radical (unpaired) electrons. The minimum Gasteiger partial charge on any atom is -0.493 e. The molecule has 0 amide bonds. The molecule has 0 saturated heterocycles. The largest absolute Gasteiger partial charge is 0.493 e. The highest BCUT2D eigenvalue weighted by Gasteiger charge is 2.07. The van der Waals surface area contributed by atoms with E-state index in [1.165, 1.54) is 0 Å². The van der Waals surface area contributed by atoms with Gasteiger partial charge < -0.3 is 9.47 Å². The first kappa shape index (κ1) is 10.7. The Morgan fingerprint density at radius 3 is 2.62 bits per heavy atom. The summed E-state index contributed by atoms with van der Waals surface area (Å²) in [4.78, 5) is 0. The van der Waals surface area contributed by atoms with Crippen LogP contribution in [0, 0.1) is 0 Å². The van der Waals surface area contributed by atoms with Gasteiger partial charge in [0.1, 0.15) is 0 Å². The van der Waals surface area contributed by atoms with Crippen LogP contribution in [0.25, 0.3) is 0 Å². The third kappa shape index (κ3) is 2.51. The van der Waals surface area contributed by atoms with Crippen molar-refractivity contribution < 1.29 is 9.47 Å². The zero-order valence-electron chi connectivity index (χ0n) is 7.43. The summed E-state index contributed by atoms with van der Waals surface area (Å²) in [5.74, 6) is 1.34. The molecule has 0 aliphatic rings. The molecule has 0 fully saturated rings. The smallest absolute Gasteiger partial charge is 0.162 e. The molecule has 0 N–H and O–H groups in total. The highest BCUT2D eigenvalue weighted by Crippen LogP contribution is 2.35. The number of halogens is 2. The van der Waals surface area contributed by atoms with Gasteiger partial charge >= 0.3 is 0 Å². The van der Waals surface area contributed by atoms with E-state index in [2.05, 4.69) is 15.9 Å². The predicted octanol–water partition coefficient (Wildman–Crippen LogP) is 3.51. The van der Waals surface area contributed by atoms with Crippen LogP contribution in [0.4, 0.5) is 0 Å². The Balaban J connectivity index is 3.09. The van der Waals surface area contributed by atoms with Crippen LogP contribution in [0.2, 0.25) is 5.02 Å². The second-order valence-corrected chi connectivity index (χ2v) is 3.61. The zero-order chi connectivity index (χ0) is 9.84. The van der Waals surface area contributed by atoms with Gasteiger partial charge in [-0.3, -0.25) is 0 Å². The molecule has 1 rings (SSSR count). The monoisotopic (exact) mass is 264 g/mol. The first-order valence-electron chi connectivity index (χ1n) is 3.84. The maximum Gasteiger partial charge on any atom is 0.162 e. The normalized spacial score (nSPS) is 9.85. The number of methoxy groups -OCH3 is 1. The van der Waals surface area contributed by atoms with Crippen molar-refractivity contribution in [2.75, 3.05) is 13.7 Å². The maximum absolute atomic E-state index is 5.88. The molecule has 0 bridgehead atoms. The van der Waals surface area contributed by atoms with Crippen molar-refractivity contribution in [2.45, 2.75) is 6.92 Å². The van der Waals surface area contributed by atoms with Crippen LogP contribution in [0.5, 0.6) is 11.5 Å². The van der Waals surface area contributed by atoms with Crippen molar-refractivity contribution in [3.8, 4) is 11.5 Å². The fraction of sp³-hybridized carbons (Fsp3) is 0.333. The van der Waals surface area contributed by atoms with Gasteiger partial charge in [-0.1, -0.05) is 11.6 Å². The van der Waals surface area contributed by atoms with E-state index < -0.39 is 0 Å². The molecule has 0 aliphatic carbocycles. The Labute approximate surface area is 90.9 Å². The lowest BCUT2D eigenvalue weighted by atomic mass is 10.3. The number of hydrogen-bond acceptors (Lipinski definition) is 2. The van der Waals surface area contributed by atoms with Crippen LogP contribution >= 0.6 is 27.5 Å². The average molecular weight is 266 g/mol. The third-order valence-corrected chi connectivity index (χ3v) is 2.70. The summed E-state index contributed by atoms with van der Waals surface area (Å²) < 4.78 is 11.3. The summed E-state index contributed by atoms with van der Waals surface area (Å²) in [5, 5.41) is 0.611. The summed E-state index contributed by atoms with van der Waals surface area (Å²) in [6.45, 7) is 2.52. The van der Waals surface area contributed by atoms with E-state index >= 15 is 0 Å². The van der Waals surface area contributed by atoms with Gasteiger partial charge in [-0.2, -0.15) is 0 Å². The molecule has 0 spiro atoms. The van der Waals surface area contributed by atoms with Crippen LogP contribution in [-0.2, 0) is 0 Å². The van der Waals surface area contributed by atoms with Gasteiger partial charge in [0.15, 0.2) is 11.5 Å². The molecule has 0 heterocycles. The molecule has 0 aliphatic heterocycles. The highest BCUT2D eigenvalue weighted by atomic mass is 79.9. The van der Waals surface area contributed by atoms with E-state index in [1.54, 1.807) is 19.2 Å². The summed E-state index contributed by atoms with van der Waals surface area (Å²) in [6.07, 6.45) is 0. The summed E-state index contributed by atoms with van der Waals surface area (Å²) in [5.41, 5.74) is 0. The van der Waals surface area contributed by atoms with Gasteiger partial charge in [0.2, 0.25) is 0 Å². The Hall–Kier alpha value is -0.410. The fourth-order valence-electron chi connectivity index (χ4n) is 0.938. The van der Waals surface area contributed by atoms with Crippen molar-refractivity contribution in [3.05, 3.63) is 21.6 Å². The van der Waals surface area contributed by atoms with E-state index in [0.717, 1.165) is 4.47 Å². The molecule has 13 heavy (non-hydrogen) atoms. The standard InChI is InChI=1S/C9H10BrClO2/c1-3-13-9-4-6(10)7(11)5-8(9)12-2/h4-5H,3H2,1-2H3. The maximum atomic E-state index is 5.88. The lowest BCUT2D eigenvalue weighted by molar-refractivity contribution is 0.311. The van der Waals surface area contributed by atoms with Gasteiger partial charge in [0.05, 0.1) is 18.7 Å². The fourth-order valence-corrected chi connectivity index (χ4v) is 1.41. The van der Waals surface area contributed by atoms with Crippen molar-refractivity contribution >= 4 is 27.5 Å². The molecular formula is C9H10BrClO2. The van der Waals surface area contributed by atoms with Crippen LogP contribution in [0.3, 0.4) is 0 Å². The van der Waals surface area contributed by atoms with Crippen molar-refractivity contribution in [2.24, 2.45) is 0 Å². The van der Waals surface area contributed by atoms with Gasteiger partial charge in [0, 0.05) is 10.5 Å². The van der Waals surface area contributed by atoms with Gasteiger partial charge in [-0.15, -0.1) is 0 Å². The SMILES string of the molecule is CCOc1cc(Br)c(Cl)cc1OC. The average Bonchev–Trinajstić information content (AvgIpc) is 2.11. The molecule has 1 aromatic rings. The molecular weight excluding hydrogens is 255 g/mol. The Morgan fingerprint density at radius 2 is 2.08 bits per heavy atom. The number of ether oxygens (including phenoxy) is 2. The minimum absolute atomic E-state index is 0.602. The van der Waals surface area contributed by atoms with Gasteiger partial charge in [-0.05, 0) is 28.9 Å². The van der Waals surface area contributed by atoms with Crippen molar-refractivity contribution in [1.82, 2.24) is 0 Å². The molecule has 0 unspecified atom stereocenters. The van der Waals surface area contributed by atoms with Crippen LogP contribution in [-0.4, -0.2) is 13.7 Å². The molecule has 72 valence electrons. The molecule has 2 nitrogen and oxygen atoms in total. The molecule has 0 aromatic heterocycles. The van der Waals surface area contributed by atoms with Crippen molar-refractivity contribution in [1.29, 1.82) is 0 Å². The zero-order valence-corrected chi connectivity index (χ0v) is 9.78. The van der Waals surface area contributed by atoms with E-state index in [-0.39, 0.29) is 0 Å². The van der Waals surface area contributed by atoms with Crippen LogP contribution in [0.1, 0.15) is 6.92 Å². The summed E-state index contributed by atoms with van der Waals surface area (Å²) in [7, 11) is 1.59. The second-order valence-electron chi connectivity index (χ2n) is 2.35. The van der Waals surface area contributed by atoms with Crippen LogP contribution < -0.4 is 9.47 Å². The van der Waals surface area contributed by atoms with E-state index in [1.807, 2.05) is 6.92 Å². The predicted molar refractivity (Wildman–Crippen MR) is 56.9 cm³/mol. The lowest BCUT2D eigenvalue weighted by Crippen LogP contribution is -1.95. The molecule has 0 saturated carbocycles. The minimum atomic E-state index is 0.602. The lowest BCUT2D eigenvalue weighted by Gasteiger charge is -2.10. The second kappa shape index (κ2) is 4.72. The van der Waals surface area contributed by atoms with E-state index in [0.29, 0.717) is 23.1 Å². The van der Waals surface area contributed by atoms with Crippen molar-refractivity contribution in [3.63, 3.8) is 0 Å². The summed E-state index contributed by atoms with van der Waals surface area (Å²) in [6, 6.07) is 3.52. The highest BCUT2D eigenvalue weighted by molar-refractivity contribution is 9.10. The first-order chi connectivity index (χ1) is 6.19. The van der Waals surface area contributed by atoms with E-state index in [4.69, 9.17) is 21.1 Å². The summed E-state index contributed by atoms with van der Waals surface area (Å²) >= 11 is 9.19.